The number of carbonyl (C=O) groups excluding carboxylic acids is 1. The van der Waals surface area contributed by atoms with Gasteiger partial charge in [0.25, 0.3) is 5.91 Å². The lowest BCUT2D eigenvalue weighted by molar-refractivity contribution is -0.402. The molecule has 1 aliphatic rings. The predicted molar refractivity (Wildman–Crippen MR) is 67.3 cm³/mol. The van der Waals surface area contributed by atoms with Crippen molar-refractivity contribution in [2.24, 2.45) is 0 Å². The van der Waals surface area contributed by atoms with Crippen LogP contribution in [0.1, 0.15) is 23.4 Å². The van der Waals surface area contributed by atoms with Crippen LogP contribution >= 0.6 is 0 Å². The van der Waals surface area contributed by atoms with Crippen LogP contribution in [0, 0.1) is 10.1 Å². The van der Waals surface area contributed by atoms with Gasteiger partial charge in [-0.3, -0.25) is 14.9 Å². The summed E-state index contributed by atoms with van der Waals surface area (Å²) < 4.78 is 10.3. The van der Waals surface area contributed by atoms with Crippen LogP contribution in [0.4, 0.5) is 5.88 Å². The third-order valence-electron chi connectivity index (χ3n) is 3.16. The van der Waals surface area contributed by atoms with Crippen LogP contribution in [0.25, 0.3) is 0 Å². The number of amides is 1. The first kappa shape index (κ1) is 14.5. The third-order valence-corrected chi connectivity index (χ3v) is 3.16. The minimum atomic E-state index is -0.675. The Bertz CT molecular complexity index is 478. The fourth-order valence-corrected chi connectivity index (χ4v) is 2.14. The second-order valence-corrected chi connectivity index (χ2v) is 4.48. The number of nitrogens with zero attached hydrogens (tertiary/aromatic N) is 2. The fraction of sp³-hybridized carbons (Fsp3) is 0.583. The summed E-state index contributed by atoms with van der Waals surface area (Å²) in [5.74, 6) is -0.806. The van der Waals surface area contributed by atoms with Crippen molar-refractivity contribution in [3.63, 3.8) is 0 Å². The van der Waals surface area contributed by atoms with Gasteiger partial charge in [-0.25, -0.2) is 0 Å². The zero-order valence-corrected chi connectivity index (χ0v) is 10.9. The molecule has 8 heteroatoms. The van der Waals surface area contributed by atoms with Crippen molar-refractivity contribution >= 4 is 11.8 Å². The zero-order chi connectivity index (χ0) is 14.5. The maximum absolute atomic E-state index is 12.1. The molecule has 0 bridgehead atoms. The molecule has 2 rings (SSSR count). The van der Waals surface area contributed by atoms with Gasteiger partial charge in [0, 0.05) is 13.1 Å². The number of furan rings is 1. The molecule has 1 fully saturated rings. The van der Waals surface area contributed by atoms with Gasteiger partial charge in [0.2, 0.25) is 0 Å². The molecular formula is C12H16N2O6. The molecule has 8 nitrogen and oxygen atoms in total. The minimum Gasteiger partial charge on any atom is -0.395 e. The highest BCUT2D eigenvalue weighted by atomic mass is 16.6. The van der Waals surface area contributed by atoms with Crippen LogP contribution in [-0.4, -0.2) is 53.2 Å². The zero-order valence-electron chi connectivity index (χ0n) is 10.9. The molecule has 1 aromatic rings. The van der Waals surface area contributed by atoms with Crippen molar-refractivity contribution < 1.29 is 24.0 Å². The van der Waals surface area contributed by atoms with Gasteiger partial charge in [-0.1, -0.05) is 0 Å². The Labute approximate surface area is 115 Å². The molecule has 1 amide bonds. The molecule has 1 saturated heterocycles. The number of nitro groups is 1. The predicted octanol–water partition coefficient (Wildman–Crippen LogP) is 0.801. The number of hydrogen-bond acceptors (Lipinski definition) is 6. The van der Waals surface area contributed by atoms with Crippen LogP contribution < -0.4 is 0 Å². The van der Waals surface area contributed by atoms with Crippen molar-refractivity contribution in [2.75, 3.05) is 26.3 Å². The molecule has 2 heterocycles. The van der Waals surface area contributed by atoms with Crippen LogP contribution in [-0.2, 0) is 4.74 Å². The van der Waals surface area contributed by atoms with Gasteiger partial charge in [0.15, 0.2) is 5.76 Å². The first-order valence-electron chi connectivity index (χ1n) is 6.37. The SMILES string of the molecule is O=C(c1ccc([N+](=O)[O-])o1)N1CCC(OCCO)CC1. The lowest BCUT2D eigenvalue weighted by Gasteiger charge is -2.31. The number of rotatable bonds is 5. The van der Waals surface area contributed by atoms with E-state index in [1.165, 1.54) is 12.1 Å². The van der Waals surface area contributed by atoms with E-state index in [0.717, 1.165) is 0 Å². The highest BCUT2D eigenvalue weighted by Gasteiger charge is 2.27. The van der Waals surface area contributed by atoms with E-state index < -0.39 is 10.8 Å². The van der Waals surface area contributed by atoms with E-state index in [4.69, 9.17) is 14.3 Å². The maximum atomic E-state index is 12.1. The number of carbonyl (C=O) groups is 1. The molecule has 1 aliphatic heterocycles. The second kappa shape index (κ2) is 6.49. The summed E-state index contributed by atoms with van der Waals surface area (Å²) in [4.78, 5) is 23.5. The molecule has 0 aliphatic carbocycles. The Balaban J connectivity index is 1.89. The van der Waals surface area contributed by atoms with Crippen LogP contribution in [0.3, 0.4) is 0 Å². The van der Waals surface area contributed by atoms with E-state index >= 15 is 0 Å². The first-order chi connectivity index (χ1) is 9.61. The Morgan fingerprint density at radius 1 is 1.50 bits per heavy atom. The number of hydrogen-bond donors (Lipinski definition) is 1. The Kier molecular flexibility index (Phi) is 4.70. The molecule has 0 saturated carbocycles. The van der Waals surface area contributed by atoms with Crippen LogP contribution in [0.5, 0.6) is 0 Å². The average Bonchev–Trinajstić information content (AvgIpc) is 2.95. The van der Waals surface area contributed by atoms with E-state index in [1.807, 2.05) is 0 Å². The van der Waals surface area contributed by atoms with Gasteiger partial charge in [-0.05, 0) is 18.9 Å². The maximum Gasteiger partial charge on any atom is 0.433 e. The monoisotopic (exact) mass is 284 g/mol. The quantitative estimate of drug-likeness (QED) is 0.633. The van der Waals surface area contributed by atoms with Gasteiger partial charge in [0.1, 0.15) is 4.92 Å². The van der Waals surface area contributed by atoms with E-state index in [-0.39, 0.29) is 24.4 Å². The van der Waals surface area contributed by atoms with Gasteiger partial charge < -0.3 is 19.2 Å². The Morgan fingerprint density at radius 3 is 2.75 bits per heavy atom. The second-order valence-electron chi connectivity index (χ2n) is 4.48. The Morgan fingerprint density at radius 2 is 2.20 bits per heavy atom. The summed E-state index contributed by atoms with van der Waals surface area (Å²) in [7, 11) is 0. The molecule has 20 heavy (non-hydrogen) atoms. The molecule has 0 radical (unpaired) electrons. The molecular weight excluding hydrogens is 268 g/mol. The van der Waals surface area contributed by atoms with Crippen molar-refractivity contribution in [3.05, 3.63) is 28.0 Å². The number of aliphatic hydroxyl groups is 1. The smallest absolute Gasteiger partial charge is 0.395 e. The standard InChI is InChI=1S/C12H16N2O6/c15-7-8-19-9-3-5-13(6-4-9)12(16)10-1-2-11(20-10)14(17)18/h1-2,9,15H,3-8H2. The number of ether oxygens (including phenoxy) is 1. The highest BCUT2D eigenvalue weighted by molar-refractivity contribution is 5.91. The van der Waals surface area contributed by atoms with Crippen LogP contribution in [0.15, 0.2) is 16.5 Å². The fourth-order valence-electron chi connectivity index (χ4n) is 2.14. The molecule has 0 atom stereocenters. The van der Waals surface area contributed by atoms with Crippen molar-refractivity contribution in [2.45, 2.75) is 18.9 Å². The van der Waals surface area contributed by atoms with Crippen LogP contribution in [0.2, 0.25) is 0 Å². The molecule has 110 valence electrons. The van der Waals surface area contributed by atoms with Crippen molar-refractivity contribution in [3.8, 4) is 0 Å². The third kappa shape index (κ3) is 3.34. The van der Waals surface area contributed by atoms with E-state index in [1.54, 1.807) is 4.90 Å². The summed E-state index contributed by atoms with van der Waals surface area (Å²) in [5.41, 5.74) is 0. The van der Waals surface area contributed by atoms with Crippen molar-refractivity contribution in [1.82, 2.24) is 4.90 Å². The van der Waals surface area contributed by atoms with Gasteiger partial charge in [0.05, 0.1) is 25.4 Å². The van der Waals surface area contributed by atoms with Crippen molar-refractivity contribution in [1.29, 1.82) is 0 Å². The van der Waals surface area contributed by atoms with Gasteiger partial charge in [-0.2, -0.15) is 0 Å². The summed E-state index contributed by atoms with van der Waals surface area (Å²) in [5, 5.41) is 19.2. The number of aliphatic hydroxyl groups excluding tert-OH is 1. The minimum absolute atomic E-state index is 0.0186. The lowest BCUT2D eigenvalue weighted by Crippen LogP contribution is -2.41. The largest absolute Gasteiger partial charge is 0.433 e. The molecule has 0 spiro atoms. The van der Waals surface area contributed by atoms with Gasteiger partial charge in [-0.15, -0.1) is 0 Å². The van der Waals surface area contributed by atoms with E-state index in [0.29, 0.717) is 32.5 Å². The number of likely N-dealkylation sites (tertiary alicyclic amines) is 1. The summed E-state index contributed by atoms with van der Waals surface area (Å²) in [6.07, 6.45) is 1.39. The highest BCUT2D eigenvalue weighted by Crippen LogP contribution is 2.20. The topological polar surface area (TPSA) is 106 Å². The van der Waals surface area contributed by atoms with E-state index in [9.17, 15) is 14.9 Å². The molecule has 0 unspecified atom stereocenters. The number of piperidine rings is 1. The lowest BCUT2D eigenvalue weighted by atomic mass is 10.1. The summed E-state index contributed by atoms with van der Waals surface area (Å²) >= 11 is 0. The molecule has 1 N–H and O–H groups in total. The van der Waals surface area contributed by atoms with Gasteiger partial charge >= 0.3 is 5.88 Å². The van der Waals surface area contributed by atoms with E-state index in [2.05, 4.69) is 0 Å². The summed E-state index contributed by atoms with van der Waals surface area (Å²) in [6, 6.07) is 2.49. The summed E-state index contributed by atoms with van der Waals surface area (Å²) in [6.45, 7) is 1.28. The average molecular weight is 284 g/mol. The molecule has 1 aromatic heterocycles. The normalized spacial score (nSPS) is 16.4. The molecule has 0 aromatic carbocycles. The first-order valence-corrected chi connectivity index (χ1v) is 6.37. The Hall–Kier alpha value is -1.93.